The molecule has 2 saturated heterocycles. The van der Waals surface area contributed by atoms with E-state index in [1.165, 1.54) is 0 Å². The molecule has 1 aromatic rings. The molecule has 0 amide bonds. The fourth-order valence-electron chi connectivity index (χ4n) is 3.47. The van der Waals surface area contributed by atoms with Gasteiger partial charge in [-0.15, -0.1) is 0 Å². The lowest BCUT2D eigenvalue weighted by molar-refractivity contribution is -0.282. The third-order valence-corrected chi connectivity index (χ3v) is 4.64. The van der Waals surface area contributed by atoms with Gasteiger partial charge in [0.1, 0.15) is 23.4 Å². The number of hydrogen-bond acceptors (Lipinski definition) is 7. The molecule has 2 fully saturated rings. The highest BCUT2D eigenvalue weighted by Crippen LogP contribution is 2.39. The maximum Gasteiger partial charge on any atom is 0.509 e. The van der Waals surface area contributed by atoms with Gasteiger partial charge in [0.05, 0.1) is 5.60 Å². The van der Waals surface area contributed by atoms with E-state index in [0.29, 0.717) is 17.3 Å². The fourth-order valence-corrected chi connectivity index (χ4v) is 3.47. The minimum atomic E-state index is -0.840. The van der Waals surface area contributed by atoms with Crippen LogP contribution in [0.5, 0.6) is 11.5 Å². The largest absolute Gasteiger partial charge is 0.509 e. The summed E-state index contributed by atoms with van der Waals surface area (Å²) in [5.41, 5.74) is 0.179. The van der Waals surface area contributed by atoms with Crippen LogP contribution in [0.3, 0.4) is 0 Å². The number of ether oxygens (including phenoxy) is 6. The predicted octanol–water partition coefficient (Wildman–Crippen LogP) is 3.04. The van der Waals surface area contributed by atoms with Crippen LogP contribution in [-0.2, 0) is 18.9 Å². The summed E-state index contributed by atoms with van der Waals surface area (Å²) in [6.07, 6.45) is 0.293. The summed E-state index contributed by atoms with van der Waals surface area (Å²) in [5.74, 6) is 1.70. The number of methoxy groups -OCH3 is 1. The molecule has 3 aliphatic heterocycles. The standard InChI is InChI=1S/C19H20O7/c1-10-5-6-11-7-8-12(9-13(11)22-10)23-17-15-14(24-18(20)25-15)16(21-4)19(2,3)26-17/h5-9,14-17H,1H2,2-4H3. The third kappa shape index (κ3) is 2.83. The normalized spacial score (nSPS) is 31.3. The lowest BCUT2D eigenvalue weighted by Crippen LogP contribution is -2.62. The summed E-state index contributed by atoms with van der Waals surface area (Å²) in [6.45, 7) is 7.49. The average Bonchev–Trinajstić information content (AvgIpc) is 2.95. The Labute approximate surface area is 151 Å². The van der Waals surface area contributed by atoms with E-state index < -0.39 is 36.4 Å². The predicted molar refractivity (Wildman–Crippen MR) is 90.8 cm³/mol. The Morgan fingerprint density at radius 3 is 2.69 bits per heavy atom. The summed E-state index contributed by atoms with van der Waals surface area (Å²) >= 11 is 0. The molecule has 0 radical (unpaired) electrons. The van der Waals surface area contributed by atoms with E-state index >= 15 is 0 Å². The zero-order valence-corrected chi connectivity index (χ0v) is 14.8. The van der Waals surface area contributed by atoms with Crippen LogP contribution in [0.25, 0.3) is 6.08 Å². The molecule has 4 rings (SSSR count). The second-order valence-corrected chi connectivity index (χ2v) is 6.88. The quantitative estimate of drug-likeness (QED) is 0.767. The van der Waals surface area contributed by atoms with Gasteiger partial charge in [-0.25, -0.2) is 4.79 Å². The van der Waals surface area contributed by atoms with E-state index in [2.05, 4.69) is 6.58 Å². The Morgan fingerprint density at radius 2 is 1.92 bits per heavy atom. The first-order chi connectivity index (χ1) is 12.4. The molecule has 138 valence electrons. The monoisotopic (exact) mass is 360 g/mol. The zero-order chi connectivity index (χ0) is 18.5. The maximum atomic E-state index is 11.7. The first kappa shape index (κ1) is 16.9. The van der Waals surface area contributed by atoms with Crippen molar-refractivity contribution >= 4 is 12.2 Å². The number of hydrogen-bond donors (Lipinski definition) is 0. The number of allylic oxidation sites excluding steroid dienone is 1. The molecule has 26 heavy (non-hydrogen) atoms. The lowest BCUT2D eigenvalue weighted by Gasteiger charge is -2.45. The molecule has 0 saturated carbocycles. The van der Waals surface area contributed by atoms with Crippen molar-refractivity contribution in [1.82, 2.24) is 0 Å². The van der Waals surface area contributed by atoms with E-state index in [9.17, 15) is 4.79 Å². The molecule has 0 N–H and O–H groups in total. The molecule has 7 nitrogen and oxygen atoms in total. The van der Waals surface area contributed by atoms with Crippen LogP contribution < -0.4 is 9.47 Å². The summed E-state index contributed by atoms with van der Waals surface area (Å²) < 4.78 is 33.6. The van der Waals surface area contributed by atoms with Gasteiger partial charge >= 0.3 is 6.16 Å². The van der Waals surface area contributed by atoms with Gasteiger partial charge in [-0.3, -0.25) is 0 Å². The maximum absolute atomic E-state index is 11.7. The molecule has 3 heterocycles. The summed E-state index contributed by atoms with van der Waals surface area (Å²) in [6, 6.07) is 5.41. The molecule has 0 spiro atoms. The highest BCUT2D eigenvalue weighted by molar-refractivity contribution is 5.64. The van der Waals surface area contributed by atoms with Gasteiger partial charge in [-0.1, -0.05) is 6.58 Å². The number of carbonyl (C=O) groups excluding carboxylic acids is 1. The summed E-state index contributed by atoms with van der Waals surface area (Å²) in [4.78, 5) is 11.7. The molecule has 4 atom stereocenters. The molecular weight excluding hydrogens is 340 g/mol. The molecule has 0 aromatic heterocycles. The number of carbonyl (C=O) groups is 1. The molecule has 7 heteroatoms. The van der Waals surface area contributed by atoms with Crippen LogP contribution in [0.4, 0.5) is 4.79 Å². The Hall–Kier alpha value is -2.51. The fraction of sp³-hybridized carbons (Fsp3) is 0.421. The van der Waals surface area contributed by atoms with Gasteiger partial charge in [0.25, 0.3) is 0 Å². The molecular formula is C19H20O7. The molecule has 3 aliphatic rings. The first-order valence-corrected chi connectivity index (χ1v) is 8.31. The third-order valence-electron chi connectivity index (χ3n) is 4.64. The molecule has 0 aliphatic carbocycles. The number of rotatable bonds is 3. The van der Waals surface area contributed by atoms with Crippen LogP contribution in [0.1, 0.15) is 19.4 Å². The van der Waals surface area contributed by atoms with Crippen molar-refractivity contribution in [1.29, 1.82) is 0 Å². The Kier molecular flexibility index (Phi) is 3.93. The van der Waals surface area contributed by atoms with Crippen molar-refractivity contribution in [2.24, 2.45) is 0 Å². The number of benzene rings is 1. The van der Waals surface area contributed by atoms with Crippen molar-refractivity contribution in [3.63, 3.8) is 0 Å². The van der Waals surface area contributed by atoms with Crippen molar-refractivity contribution in [2.75, 3.05) is 7.11 Å². The van der Waals surface area contributed by atoms with Gasteiger partial charge in [-0.2, -0.15) is 0 Å². The second-order valence-electron chi connectivity index (χ2n) is 6.88. The first-order valence-electron chi connectivity index (χ1n) is 8.31. The van der Waals surface area contributed by atoms with Gasteiger partial charge < -0.3 is 28.4 Å². The highest BCUT2D eigenvalue weighted by atomic mass is 16.8. The van der Waals surface area contributed by atoms with Crippen LogP contribution in [-0.4, -0.2) is 43.5 Å². The van der Waals surface area contributed by atoms with Crippen molar-refractivity contribution in [3.05, 3.63) is 42.2 Å². The van der Waals surface area contributed by atoms with E-state index in [-0.39, 0.29) is 0 Å². The molecule has 1 aromatic carbocycles. The Bertz CT molecular complexity index is 782. The van der Waals surface area contributed by atoms with Gasteiger partial charge in [0.15, 0.2) is 6.10 Å². The van der Waals surface area contributed by atoms with Crippen LogP contribution in [0.2, 0.25) is 0 Å². The number of fused-ring (bicyclic) bond motifs is 2. The molecule has 4 unspecified atom stereocenters. The van der Waals surface area contributed by atoms with Crippen LogP contribution >= 0.6 is 0 Å². The van der Waals surface area contributed by atoms with Crippen LogP contribution in [0.15, 0.2) is 36.6 Å². The Balaban J connectivity index is 1.60. The minimum Gasteiger partial charge on any atom is -0.461 e. The zero-order valence-electron chi connectivity index (χ0n) is 14.8. The van der Waals surface area contributed by atoms with Crippen molar-refractivity contribution in [2.45, 2.75) is 44.1 Å². The second kappa shape index (κ2) is 6.03. The van der Waals surface area contributed by atoms with E-state index in [4.69, 9.17) is 28.4 Å². The summed E-state index contributed by atoms with van der Waals surface area (Å²) in [5, 5.41) is 0. The summed E-state index contributed by atoms with van der Waals surface area (Å²) in [7, 11) is 1.54. The van der Waals surface area contributed by atoms with Crippen molar-refractivity contribution in [3.8, 4) is 11.5 Å². The molecule has 0 bridgehead atoms. The minimum absolute atomic E-state index is 0.473. The van der Waals surface area contributed by atoms with E-state index in [1.807, 2.05) is 26.0 Å². The van der Waals surface area contributed by atoms with Gasteiger partial charge in [0.2, 0.25) is 12.4 Å². The SMILES string of the molecule is C=C1C=Cc2ccc(OC3OC(C)(C)C(OC)C4OC(=O)OC34)cc2O1. The average molecular weight is 360 g/mol. The van der Waals surface area contributed by atoms with Gasteiger partial charge in [-0.05, 0) is 38.1 Å². The smallest absolute Gasteiger partial charge is 0.461 e. The van der Waals surface area contributed by atoms with E-state index in [0.717, 1.165) is 5.56 Å². The topological polar surface area (TPSA) is 72.5 Å². The highest BCUT2D eigenvalue weighted by Gasteiger charge is 2.58. The van der Waals surface area contributed by atoms with Crippen molar-refractivity contribution < 1.29 is 33.2 Å². The lowest BCUT2D eigenvalue weighted by atomic mass is 9.89. The van der Waals surface area contributed by atoms with E-state index in [1.54, 1.807) is 25.3 Å². The Morgan fingerprint density at radius 1 is 1.15 bits per heavy atom. The van der Waals surface area contributed by atoms with Crippen LogP contribution in [0, 0.1) is 0 Å². The van der Waals surface area contributed by atoms with Gasteiger partial charge in [0, 0.05) is 18.7 Å².